The van der Waals surface area contributed by atoms with Gasteiger partial charge in [0.2, 0.25) is 0 Å². The summed E-state index contributed by atoms with van der Waals surface area (Å²) in [5.41, 5.74) is 4.66. The van der Waals surface area contributed by atoms with Gasteiger partial charge in [0.05, 0.1) is 11.2 Å². The van der Waals surface area contributed by atoms with Gasteiger partial charge in [-0.3, -0.25) is 14.4 Å². The summed E-state index contributed by atoms with van der Waals surface area (Å²) >= 11 is 0. The van der Waals surface area contributed by atoms with Crippen molar-refractivity contribution in [2.75, 3.05) is 19.7 Å². The lowest BCUT2D eigenvalue weighted by molar-refractivity contribution is 0.284. The van der Waals surface area contributed by atoms with E-state index in [0.29, 0.717) is 12.4 Å². The number of rotatable bonds is 4. The van der Waals surface area contributed by atoms with Gasteiger partial charge in [-0.05, 0) is 35.9 Å². The molecule has 0 radical (unpaired) electrons. The van der Waals surface area contributed by atoms with Crippen molar-refractivity contribution < 1.29 is 4.74 Å². The van der Waals surface area contributed by atoms with Crippen molar-refractivity contribution >= 4 is 16.7 Å². The number of pyridine rings is 1. The highest BCUT2D eigenvalue weighted by Crippen LogP contribution is 2.29. The lowest BCUT2D eigenvalue weighted by Gasteiger charge is -2.16. The number of aromatic nitrogens is 2. The van der Waals surface area contributed by atoms with Gasteiger partial charge in [0.25, 0.3) is 5.56 Å². The third-order valence-electron chi connectivity index (χ3n) is 6.51. The number of hydrogen-bond acceptors (Lipinski definition) is 5. The van der Waals surface area contributed by atoms with E-state index in [2.05, 4.69) is 39.0 Å². The summed E-state index contributed by atoms with van der Waals surface area (Å²) in [6.07, 6.45) is 10.8. The monoisotopic (exact) mass is 427 g/mol. The van der Waals surface area contributed by atoms with Gasteiger partial charge in [-0.1, -0.05) is 12.1 Å². The van der Waals surface area contributed by atoms with Crippen LogP contribution in [-0.2, 0) is 20.0 Å². The minimum atomic E-state index is -0.108. The molecule has 3 aromatic rings. The Balaban J connectivity index is 1.23. The van der Waals surface area contributed by atoms with Crippen molar-refractivity contribution in [2.45, 2.75) is 19.0 Å². The first kappa shape index (κ1) is 19.1. The standard InChI is InChI=1S/C25H25N5O2/c1-28-22-7-9-26-14-21(22)20-6-5-18(12-23(20)28)30-11-8-19(13-25(30)31)32-16-17-15-29-10-3-2-4-24(29)27-17/h2-6,8,10-13,17,26H,7,9,14-16H2,1H3. The summed E-state index contributed by atoms with van der Waals surface area (Å²) in [7, 11) is 2.11. The number of aliphatic imine (C=N–C) groups is 1. The van der Waals surface area contributed by atoms with Crippen LogP contribution in [0.1, 0.15) is 11.3 Å². The average Bonchev–Trinajstić information content (AvgIpc) is 3.37. The molecule has 5 heterocycles. The Hall–Kier alpha value is -3.58. The fourth-order valence-electron chi connectivity index (χ4n) is 4.88. The van der Waals surface area contributed by atoms with Crippen LogP contribution in [-0.4, -0.2) is 45.6 Å². The quantitative estimate of drug-likeness (QED) is 0.695. The van der Waals surface area contributed by atoms with E-state index in [9.17, 15) is 4.79 Å². The van der Waals surface area contributed by atoms with Crippen LogP contribution >= 0.6 is 0 Å². The lowest BCUT2D eigenvalue weighted by Crippen LogP contribution is -2.26. The molecule has 6 rings (SSSR count). The van der Waals surface area contributed by atoms with E-state index >= 15 is 0 Å². The predicted octanol–water partition coefficient (Wildman–Crippen LogP) is 2.52. The molecular weight excluding hydrogens is 402 g/mol. The van der Waals surface area contributed by atoms with E-state index in [0.717, 1.165) is 43.1 Å². The van der Waals surface area contributed by atoms with Gasteiger partial charge >= 0.3 is 0 Å². The van der Waals surface area contributed by atoms with E-state index in [-0.39, 0.29) is 11.6 Å². The Morgan fingerprint density at radius 3 is 3.03 bits per heavy atom. The molecule has 3 aliphatic rings. The fourth-order valence-corrected chi connectivity index (χ4v) is 4.88. The van der Waals surface area contributed by atoms with Crippen LogP contribution in [0.5, 0.6) is 5.75 Å². The zero-order valence-corrected chi connectivity index (χ0v) is 18.0. The number of hydrogen-bond donors (Lipinski definition) is 1. The third-order valence-corrected chi connectivity index (χ3v) is 6.51. The fraction of sp³-hybridized carbons (Fsp3) is 0.280. The molecule has 32 heavy (non-hydrogen) atoms. The van der Waals surface area contributed by atoms with Crippen LogP contribution < -0.4 is 15.6 Å². The first-order chi connectivity index (χ1) is 15.7. The van der Waals surface area contributed by atoms with Crippen molar-refractivity contribution in [3.05, 3.63) is 82.6 Å². The van der Waals surface area contributed by atoms with Gasteiger partial charge in [0.1, 0.15) is 24.2 Å². The minimum Gasteiger partial charge on any atom is -0.491 e. The lowest BCUT2D eigenvalue weighted by atomic mass is 10.1. The summed E-state index contributed by atoms with van der Waals surface area (Å²) in [5, 5.41) is 4.71. The average molecular weight is 428 g/mol. The summed E-state index contributed by atoms with van der Waals surface area (Å²) in [6.45, 7) is 3.14. The second-order valence-corrected chi connectivity index (χ2v) is 8.49. The second-order valence-electron chi connectivity index (χ2n) is 8.49. The van der Waals surface area contributed by atoms with Gasteiger partial charge in [-0.25, -0.2) is 0 Å². The Labute approximate surface area is 185 Å². The maximum absolute atomic E-state index is 12.9. The maximum atomic E-state index is 12.9. The van der Waals surface area contributed by atoms with Crippen LogP contribution in [0.2, 0.25) is 0 Å². The number of amidine groups is 1. The number of allylic oxidation sites excluding steroid dienone is 2. The SMILES string of the molecule is Cn1c2c(c3ccc(-n4ccc(OCC5CN6C=CC=CC6=N5)cc4=O)cc31)CNCC2. The highest BCUT2D eigenvalue weighted by Gasteiger charge is 2.23. The summed E-state index contributed by atoms with van der Waals surface area (Å²) in [6, 6.07) is 9.71. The molecule has 3 aliphatic heterocycles. The molecule has 1 unspecified atom stereocenters. The Morgan fingerprint density at radius 2 is 2.16 bits per heavy atom. The molecule has 1 N–H and O–H groups in total. The Kier molecular flexibility index (Phi) is 4.50. The van der Waals surface area contributed by atoms with Crippen LogP contribution in [0.25, 0.3) is 16.6 Å². The normalized spacial score (nSPS) is 19.2. The van der Waals surface area contributed by atoms with E-state index in [1.807, 2.05) is 36.6 Å². The second kappa shape index (κ2) is 7.53. The maximum Gasteiger partial charge on any atom is 0.258 e. The predicted molar refractivity (Wildman–Crippen MR) is 126 cm³/mol. The summed E-state index contributed by atoms with van der Waals surface area (Å²) in [5.74, 6) is 1.54. The molecule has 0 aliphatic carbocycles. The number of ether oxygens (including phenoxy) is 1. The summed E-state index contributed by atoms with van der Waals surface area (Å²) < 4.78 is 9.84. The molecule has 7 nitrogen and oxygen atoms in total. The summed E-state index contributed by atoms with van der Waals surface area (Å²) in [4.78, 5) is 19.6. The molecule has 0 saturated carbocycles. The van der Waals surface area contributed by atoms with Crippen LogP contribution in [0.3, 0.4) is 0 Å². The molecule has 162 valence electrons. The van der Waals surface area contributed by atoms with Gasteiger partial charge in [-0.2, -0.15) is 0 Å². The van der Waals surface area contributed by atoms with Gasteiger partial charge in [0, 0.05) is 62.6 Å². The first-order valence-electron chi connectivity index (χ1n) is 11.0. The van der Waals surface area contributed by atoms with E-state index in [1.165, 1.54) is 16.6 Å². The largest absolute Gasteiger partial charge is 0.491 e. The van der Waals surface area contributed by atoms with E-state index in [1.54, 1.807) is 16.8 Å². The molecule has 1 atom stereocenters. The minimum absolute atomic E-state index is 0.0557. The van der Waals surface area contributed by atoms with Crippen LogP contribution in [0.15, 0.2) is 70.7 Å². The highest BCUT2D eigenvalue weighted by atomic mass is 16.5. The highest BCUT2D eigenvalue weighted by molar-refractivity contribution is 5.96. The molecule has 0 spiro atoms. The molecule has 0 saturated heterocycles. The van der Waals surface area contributed by atoms with Crippen molar-refractivity contribution in [3.8, 4) is 11.4 Å². The number of nitrogens with one attached hydrogen (secondary N) is 1. The van der Waals surface area contributed by atoms with Crippen LogP contribution in [0.4, 0.5) is 0 Å². The molecule has 0 amide bonds. The smallest absolute Gasteiger partial charge is 0.258 e. The number of fused-ring (bicyclic) bond motifs is 4. The molecular formula is C25H25N5O2. The molecule has 0 fully saturated rings. The third kappa shape index (κ3) is 3.17. The zero-order valence-electron chi connectivity index (χ0n) is 18.0. The number of aryl methyl sites for hydroxylation is 1. The van der Waals surface area contributed by atoms with Crippen molar-refractivity contribution in [1.82, 2.24) is 19.4 Å². The first-order valence-corrected chi connectivity index (χ1v) is 11.0. The Bertz CT molecular complexity index is 1360. The van der Waals surface area contributed by atoms with Crippen molar-refractivity contribution in [2.24, 2.45) is 12.0 Å². The molecule has 7 heteroatoms. The van der Waals surface area contributed by atoms with E-state index in [4.69, 9.17) is 4.74 Å². The van der Waals surface area contributed by atoms with E-state index < -0.39 is 0 Å². The van der Waals surface area contributed by atoms with Crippen LogP contribution in [0, 0.1) is 0 Å². The van der Waals surface area contributed by atoms with Gasteiger partial charge < -0.3 is 19.5 Å². The molecule has 1 aromatic carbocycles. The van der Waals surface area contributed by atoms with Gasteiger partial charge in [0.15, 0.2) is 0 Å². The topological polar surface area (TPSA) is 63.8 Å². The molecule has 2 aromatic heterocycles. The van der Waals surface area contributed by atoms with Crippen molar-refractivity contribution in [3.63, 3.8) is 0 Å². The Morgan fingerprint density at radius 1 is 1.22 bits per heavy atom. The zero-order chi connectivity index (χ0) is 21.7. The van der Waals surface area contributed by atoms with Gasteiger partial charge in [-0.15, -0.1) is 0 Å². The van der Waals surface area contributed by atoms with Crippen molar-refractivity contribution in [1.29, 1.82) is 0 Å². The molecule has 0 bridgehead atoms. The number of benzene rings is 1. The number of nitrogens with zero attached hydrogens (tertiary/aromatic N) is 4.